The van der Waals surface area contributed by atoms with E-state index in [1.54, 1.807) is 12.1 Å². The van der Waals surface area contributed by atoms with Crippen molar-refractivity contribution in [1.82, 2.24) is 4.90 Å². The standard InChI is InChI=1S/C15H16N4/c16-8-11-1-2-13(7-12(11)9-17)18-14-5-6-19(10-14)15-3-4-15/h1-2,7,14-15,18H,3-6,10H2. The first-order valence-corrected chi connectivity index (χ1v) is 6.75. The van der Waals surface area contributed by atoms with Gasteiger partial charge in [-0.05, 0) is 37.5 Å². The molecule has 19 heavy (non-hydrogen) atoms. The van der Waals surface area contributed by atoms with Crippen LogP contribution in [-0.4, -0.2) is 30.1 Å². The lowest BCUT2D eigenvalue weighted by molar-refractivity contribution is 0.326. The smallest absolute Gasteiger partial charge is 0.101 e. The molecule has 0 bridgehead atoms. The van der Waals surface area contributed by atoms with Crippen LogP contribution in [0, 0.1) is 22.7 Å². The molecule has 1 aliphatic carbocycles. The summed E-state index contributed by atoms with van der Waals surface area (Å²) in [5.41, 5.74) is 1.84. The molecule has 4 heteroatoms. The maximum absolute atomic E-state index is 9.02. The predicted molar refractivity (Wildman–Crippen MR) is 72.5 cm³/mol. The largest absolute Gasteiger partial charge is 0.381 e. The lowest BCUT2D eigenvalue weighted by atomic mass is 10.1. The number of nitrogens with zero attached hydrogens (tertiary/aromatic N) is 3. The van der Waals surface area contributed by atoms with Crippen molar-refractivity contribution < 1.29 is 0 Å². The van der Waals surface area contributed by atoms with Gasteiger partial charge < -0.3 is 5.32 Å². The first-order valence-electron chi connectivity index (χ1n) is 6.75. The van der Waals surface area contributed by atoms with Crippen LogP contribution in [0.5, 0.6) is 0 Å². The minimum atomic E-state index is 0.444. The zero-order valence-electron chi connectivity index (χ0n) is 10.8. The fourth-order valence-corrected chi connectivity index (χ4v) is 2.74. The van der Waals surface area contributed by atoms with E-state index >= 15 is 0 Å². The van der Waals surface area contributed by atoms with Crippen LogP contribution < -0.4 is 5.32 Å². The number of rotatable bonds is 3. The third-order valence-electron chi connectivity index (χ3n) is 3.91. The van der Waals surface area contributed by atoms with Gasteiger partial charge in [0, 0.05) is 30.9 Å². The van der Waals surface area contributed by atoms with Gasteiger partial charge in [-0.3, -0.25) is 4.90 Å². The molecule has 0 aromatic heterocycles. The van der Waals surface area contributed by atoms with Gasteiger partial charge in [0.2, 0.25) is 0 Å². The van der Waals surface area contributed by atoms with E-state index in [1.165, 1.54) is 19.4 Å². The third-order valence-corrected chi connectivity index (χ3v) is 3.91. The summed E-state index contributed by atoms with van der Waals surface area (Å²) in [6.07, 6.45) is 3.85. The minimum absolute atomic E-state index is 0.444. The second kappa shape index (κ2) is 4.91. The fraction of sp³-hybridized carbons (Fsp3) is 0.467. The summed E-state index contributed by atoms with van der Waals surface area (Å²) in [7, 11) is 0. The van der Waals surface area contributed by atoms with E-state index in [4.69, 9.17) is 10.5 Å². The highest BCUT2D eigenvalue weighted by Gasteiger charge is 2.34. The molecule has 3 rings (SSSR count). The highest BCUT2D eigenvalue weighted by molar-refractivity contribution is 5.56. The third kappa shape index (κ3) is 2.54. The highest BCUT2D eigenvalue weighted by atomic mass is 15.2. The number of anilines is 1. The summed E-state index contributed by atoms with van der Waals surface area (Å²) in [4.78, 5) is 2.55. The van der Waals surface area contributed by atoms with Crippen molar-refractivity contribution in [2.45, 2.75) is 31.3 Å². The Morgan fingerprint density at radius 3 is 2.58 bits per heavy atom. The van der Waals surface area contributed by atoms with Crippen molar-refractivity contribution in [3.63, 3.8) is 0 Å². The number of benzene rings is 1. The molecule has 0 spiro atoms. The molecule has 0 amide bonds. The lowest BCUT2D eigenvalue weighted by Crippen LogP contribution is -2.27. The second-order valence-electron chi connectivity index (χ2n) is 5.34. The topological polar surface area (TPSA) is 62.9 Å². The molecule has 1 aromatic rings. The van der Waals surface area contributed by atoms with E-state index in [1.807, 2.05) is 12.1 Å². The van der Waals surface area contributed by atoms with Gasteiger partial charge in [0.15, 0.2) is 0 Å². The SMILES string of the molecule is N#Cc1ccc(NC2CCN(C3CC3)C2)cc1C#N. The first kappa shape index (κ1) is 12.0. The Morgan fingerprint density at radius 1 is 1.11 bits per heavy atom. The summed E-state index contributed by atoms with van der Waals surface area (Å²) in [6.45, 7) is 2.26. The minimum Gasteiger partial charge on any atom is -0.381 e. The Bertz CT molecular complexity index is 562. The van der Waals surface area contributed by atoms with Crippen molar-refractivity contribution in [1.29, 1.82) is 10.5 Å². The average Bonchev–Trinajstić information content (AvgIpc) is 3.19. The molecule has 1 atom stereocenters. The monoisotopic (exact) mass is 252 g/mol. The lowest BCUT2D eigenvalue weighted by Gasteiger charge is -2.16. The van der Waals surface area contributed by atoms with Crippen LogP contribution >= 0.6 is 0 Å². The summed E-state index contributed by atoms with van der Waals surface area (Å²) in [5.74, 6) is 0. The predicted octanol–water partition coefficient (Wildman–Crippen LogP) is 2.08. The molecule has 96 valence electrons. The molecule has 1 N–H and O–H groups in total. The van der Waals surface area contributed by atoms with Gasteiger partial charge in [0.1, 0.15) is 12.1 Å². The van der Waals surface area contributed by atoms with E-state index in [9.17, 15) is 0 Å². The van der Waals surface area contributed by atoms with Crippen LogP contribution in [-0.2, 0) is 0 Å². The van der Waals surface area contributed by atoms with Crippen molar-refractivity contribution in [3.8, 4) is 12.1 Å². The van der Waals surface area contributed by atoms with Crippen molar-refractivity contribution >= 4 is 5.69 Å². The van der Waals surface area contributed by atoms with Crippen molar-refractivity contribution in [3.05, 3.63) is 29.3 Å². The molecule has 1 saturated carbocycles. The van der Waals surface area contributed by atoms with Crippen LogP contribution in [0.15, 0.2) is 18.2 Å². The van der Waals surface area contributed by atoms with Crippen LogP contribution in [0.2, 0.25) is 0 Å². The Kier molecular flexibility index (Phi) is 3.11. The summed E-state index contributed by atoms with van der Waals surface area (Å²) < 4.78 is 0. The molecule has 0 radical (unpaired) electrons. The molecule has 1 heterocycles. The van der Waals surface area contributed by atoms with Crippen LogP contribution in [0.25, 0.3) is 0 Å². The van der Waals surface area contributed by atoms with Crippen LogP contribution in [0.4, 0.5) is 5.69 Å². The van der Waals surface area contributed by atoms with E-state index in [-0.39, 0.29) is 0 Å². The maximum atomic E-state index is 9.02. The Morgan fingerprint density at radius 2 is 1.89 bits per heavy atom. The summed E-state index contributed by atoms with van der Waals surface area (Å²) >= 11 is 0. The molecule has 4 nitrogen and oxygen atoms in total. The van der Waals surface area contributed by atoms with Gasteiger partial charge in [0.05, 0.1) is 11.1 Å². The zero-order chi connectivity index (χ0) is 13.2. The quantitative estimate of drug-likeness (QED) is 0.894. The van der Waals surface area contributed by atoms with Gasteiger partial charge in [0.25, 0.3) is 0 Å². The number of likely N-dealkylation sites (tertiary alicyclic amines) is 1. The second-order valence-corrected chi connectivity index (χ2v) is 5.34. The first-order chi connectivity index (χ1) is 9.30. The normalized spacial score (nSPS) is 22.7. The van der Waals surface area contributed by atoms with Crippen LogP contribution in [0.3, 0.4) is 0 Å². The molecule has 1 unspecified atom stereocenters. The van der Waals surface area contributed by atoms with Gasteiger partial charge in [-0.1, -0.05) is 0 Å². The molecule has 2 fully saturated rings. The molecular weight excluding hydrogens is 236 g/mol. The number of hydrogen-bond donors (Lipinski definition) is 1. The van der Waals surface area contributed by atoms with E-state index < -0.39 is 0 Å². The molecule has 1 aliphatic heterocycles. The molecular formula is C15H16N4. The van der Waals surface area contributed by atoms with Gasteiger partial charge in [-0.2, -0.15) is 10.5 Å². The van der Waals surface area contributed by atoms with E-state index in [2.05, 4.69) is 16.3 Å². The molecule has 2 aliphatic rings. The van der Waals surface area contributed by atoms with Gasteiger partial charge in [-0.15, -0.1) is 0 Å². The van der Waals surface area contributed by atoms with E-state index in [0.29, 0.717) is 17.2 Å². The Labute approximate surface area is 113 Å². The van der Waals surface area contributed by atoms with Gasteiger partial charge >= 0.3 is 0 Å². The summed E-state index contributed by atoms with van der Waals surface area (Å²) in [5, 5.41) is 21.4. The number of nitrogens with one attached hydrogen (secondary N) is 1. The maximum Gasteiger partial charge on any atom is 0.101 e. The number of hydrogen-bond acceptors (Lipinski definition) is 4. The molecule has 1 aromatic carbocycles. The van der Waals surface area contributed by atoms with Crippen molar-refractivity contribution in [2.24, 2.45) is 0 Å². The van der Waals surface area contributed by atoms with E-state index in [0.717, 1.165) is 24.7 Å². The average molecular weight is 252 g/mol. The van der Waals surface area contributed by atoms with Crippen molar-refractivity contribution in [2.75, 3.05) is 18.4 Å². The molecule has 1 saturated heterocycles. The number of nitriles is 2. The Balaban J connectivity index is 1.67. The fourth-order valence-electron chi connectivity index (χ4n) is 2.74. The highest BCUT2D eigenvalue weighted by Crippen LogP contribution is 2.30. The summed E-state index contributed by atoms with van der Waals surface area (Å²) in [6, 6.07) is 10.8. The zero-order valence-corrected chi connectivity index (χ0v) is 10.8. The Hall–Kier alpha value is -2.04. The van der Waals surface area contributed by atoms with Crippen LogP contribution in [0.1, 0.15) is 30.4 Å². The van der Waals surface area contributed by atoms with Gasteiger partial charge in [-0.25, -0.2) is 0 Å².